The zero-order valence-corrected chi connectivity index (χ0v) is 15.0. The number of aromatic nitrogens is 1. The van der Waals surface area contributed by atoms with Crippen molar-refractivity contribution in [3.8, 4) is 0 Å². The van der Waals surface area contributed by atoms with Crippen LogP contribution in [0, 0.1) is 0 Å². The van der Waals surface area contributed by atoms with E-state index in [-0.39, 0.29) is 5.91 Å². The number of carbonyl (C=O) groups excluding carboxylic acids is 1. The van der Waals surface area contributed by atoms with E-state index < -0.39 is 0 Å². The Balaban J connectivity index is 1.41. The molecule has 2 aromatic rings. The van der Waals surface area contributed by atoms with Crippen molar-refractivity contribution >= 4 is 5.91 Å². The fourth-order valence-electron chi connectivity index (χ4n) is 3.26. The zero-order valence-electron chi connectivity index (χ0n) is 15.0. The van der Waals surface area contributed by atoms with Gasteiger partial charge >= 0.3 is 0 Å². The van der Waals surface area contributed by atoms with Crippen LogP contribution in [0.25, 0.3) is 0 Å². The highest BCUT2D eigenvalue weighted by Crippen LogP contribution is 2.11. The minimum atomic E-state index is 0.278. The van der Waals surface area contributed by atoms with Crippen molar-refractivity contribution in [1.29, 1.82) is 0 Å². The van der Waals surface area contributed by atoms with Gasteiger partial charge in [-0.1, -0.05) is 37.3 Å². The lowest BCUT2D eigenvalue weighted by Crippen LogP contribution is -2.48. The zero-order chi connectivity index (χ0) is 17.5. The number of amides is 1. The van der Waals surface area contributed by atoms with Gasteiger partial charge in [0.2, 0.25) is 5.91 Å². The lowest BCUT2D eigenvalue weighted by molar-refractivity contribution is -0.133. The first-order valence-corrected chi connectivity index (χ1v) is 9.21. The molecular weight excluding hydrogens is 310 g/mol. The van der Waals surface area contributed by atoms with Crippen LogP contribution in [0.3, 0.4) is 0 Å². The van der Waals surface area contributed by atoms with E-state index in [1.54, 1.807) is 6.20 Å². The van der Waals surface area contributed by atoms with Gasteiger partial charge in [0.05, 0.1) is 0 Å². The summed E-state index contributed by atoms with van der Waals surface area (Å²) in [5.41, 5.74) is 3.83. The van der Waals surface area contributed by atoms with Crippen molar-refractivity contribution in [3.05, 3.63) is 65.5 Å². The van der Waals surface area contributed by atoms with Crippen molar-refractivity contribution in [2.75, 3.05) is 26.2 Å². The highest BCUT2D eigenvalue weighted by atomic mass is 16.2. The summed E-state index contributed by atoms with van der Waals surface area (Å²) in [6.45, 7) is 6.60. The van der Waals surface area contributed by atoms with Crippen LogP contribution in [0.15, 0.2) is 48.8 Å². The van der Waals surface area contributed by atoms with Gasteiger partial charge in [-0.2, -0.15) is 0 Å². The number of aryl methyl sites for hydroxylation is 2. The fraction of sp³-hybridized carbons (Fsp3) is 0.429. The maximum absolute atomic E-state index is 12.5. The summed E-state index contributed by atoms with van der Waals surface area (Å²) in [7, 11) is 0. The Labute approximate surface area is 150 Å². The van der Waals surface area contributed by atoms with Gasteiger partial charge in [-0.25, -0.2) is 0 Å². The third-order valence-electron chi connectivity index (χ3n) is 4.91. The van der Waals surface area contributed by atoms with Crippen LogP contribution in [0.2, 0.25) is 0 Å². The second-order valence-corrected chi connectivity index (χ2v) is 6.69. The average Bonchev–Trinajstić information content (AvgIpc) is 2.68. The summed E-state index contributed by atoms with van der Waals surface area (Å²) in [6, 6.07) is 12.7. The Kier molecular flexibility index (Phi) is 6.18. The molecule has 0 aliphatic carbocycles. The van der Waals surface area contributed by atoms with Crippen LogP contribution in [0.4, 0.5) is 0 Å². The predicted octanol–water partition coefficient (Wildman–Crippen LogP) is 2.92. The molecule has 1 fully saturated rings. The highest BCUT2D eigenvalue weighted by Gasteiger charge is 2.20. The van der Waals surface area contributed by atoms with Gasteiger partial charge in [-0.05, 0) is 35.6 Å². The number of hydrogen-bond donors (Lipinski definition) is 0. The smallest absolute Gasteiger partial charge is 0.222 e. The topological polar surface area (TPSA) is 36.4 Å². The van der Waals surface area contributed by atoms with E-state index in [1.165, 1.54) is 16.7 Å². The van der Waals surface area contributed by atoms with Crippen molar-refractivity contribution in [2.24, 2.45) is 0 Å². The van der Waals surface area contributed by atoms with E-state index >= 15 is 0 Å². The van der Waals surface area contributed by atoms with Crippen molar-refractivity contribution in [2.45, 2.75) is 32.7 Å². The molecule has 25 heavy (non-hydrogen) atoms. The molecule has 0 saturated carbocycles. The van der Waals surface area contributed by atoms with E-state index in [2.05, 4.69) is 47.1 Å². The normalized spacial score (nSPS) is 15.3. The molecule has 4 heteroatoms. The molecule has 0 atom stereocenters. The quantitative estimate of drug-likeness (QED) is 0.813. The molecule has 0 spiro atoms. The fourth-order valence-corrected chi connectivity index (χ4v) is 3.26. The van der Waals surface area contributed by atoms with Crippen LogP contribution in [-0.2, 0) is 24.2 Å². The lowest BCUT2D eigenvalue weighted by atomic mass is 10.1. The SMILES string of the molecule is CCc1ccc(CCC(=O)N2CCN(Cc3cccnc3)CC2)cc1. The average molecular weight is 337 g/mol. The second kappa shape index (κ2) is 8.77. The third kappa shape index (κ3) is 5.13. The summed E-state index contributed by atoms with van der Waals surface area (Å²) >= 11 is 0. The van der Waals surface area contributed by atoms with Crippen molar-refractivity contribution in [3.63, 3.8) is 0 Å². The molecule has 0 bridgehead atoms. The predicted molar refractivity (Wildman–Crippen MR) is 100 cm³/mol. The molecule has 0 radical (unpaired) electrons. The summed E-state index contributed by atoms with van der Waals surface area (Å²) in [6.07, 6.45) is 6.21. The highest BCUT2D eigenvalue weighted by molar-refractivity contribution is 5.76. The summed E-state index contributed by atoms with van der Waals surface area (Å²) in [5, 5.41) is 0. The van der Waals surface area contributed by atoms with Crippen LogP contribution in [-0.4, -0.2) is 46.9 Å². The third-order valence-corrected chi connectivity index (χ3v) is 4.91. The maximum Gasteiger partial charge on any atom is 0.222 e. The maximum atomic E-state index is 12.5. The molecule has 0 unspecified atom stereocenters. The van der Waals surface area contributed by atoms with E-state index in [0.717, 1.165) is 45.6 Å². The van der Waals surface area contributed by atoms with E-state index in [0.29, 0.717) is 6.42 Å². The Morgan fingerprint density at radius 3 is 2.36 bits per heavy atom. The first-order chi connectivity index (χ1) is 12.2. The Hall–Kier alpha value is -2.20. The van der Waals surface area contributed by atoms with E-state index in [9.17, 15) is 4.79 Å². The minimum absolute atomic E-state index is 0.278. The summed E-state index contributed by atoms with van der Waals surface area (Å²) in [5.74, 6) is 0.278. The molecule has 1 aliphatic rings. The Morgan fingerprint density at radius 1 is 1.00 bits per heavy atom. The molecule has 3 rings (SSSR count). The molecule has 1 aliphatic heterocycles. The summed E-state index contributed by atoms with van der Waals surface area (Å²) < 4.78 is 0. The summed E-state index contributed by atoms with van der Waals surface area (Å²) in [4.78, 5) is 21.0. The number of pyridine rings is 1. The van der Waals surface area contributed by atoms with Crippen LogP contribution >= 0.6 is 0 Å². The van der Waals surface area contributed by atoms with Gasteiger partial charge in [-0.15, -0.1) is 0 Å². The second-order valence-electron chi connectivity index (χ2n) is 6.69. The first kappa shape index (κ1) is 17.6. The van der Waals surface area contributed by atoms with Crippen LogP contribution < -0.4 is 0 Å². The number of nitrogens with zero attached hydrogens (tertiary/aromatic N) is 3. The first-order valence-electron chi connectivity index (χ1n) is 9.21. The Morgan fingerprint density at radius 2 is 1.72 bits per heavy atom. The van der Waals surface area contributed by atoms with Crippen LogP contribution in [0.1, 0.15) is 30.0 Å². The van der Waals surface area contributed by atoms with Gasteiger partial charge < -0.3 is 4.90 Å². The van der Waals surface area contributed by atoms with Gasteiger partial charge in [0.25, 0.3) is 0 Å². The number of rotatable bonds is 6. The van der Waals surface area contributed by atoms with E-state index in [4.69, 9.17) is 0 Å². The number of piperazine rings is 1. The molecule has 2 heterocycles. The van der Waals surface area contributed by atoms with Gasteiger partial charge in [0, 0.05) is 51.5 Å². The minimum Gasteiger partial charge on any atom is -0.340 e. The number of carbonyl (C=O) groups is 1. The molecule has 1 amide bonds. The van der Waals surface area contributed by atoms with Gasteiger partial charge in [0.15, 0.2) is 0 Å². The number of benzene rings is 1. The molecule has 1 aromatic heterocycles. The van der Waals surface area contributed by atoms with Crippen molar-refractivity contribution in [1.82, 2.24) is 14.8 Å². The van der Waals surface area contributed by atoms with Crippen molar-refractivity contribution < 1.29 is 4.79 Å². The van der Waals surface area contributed by atoms with Gasteiger partial charge in [0.1, 0.15) is 0 Å². The molecule has 132 valence electrons. The Bertz CT molecular complexity index is 661. The van der Waals surface area contributed by atoms with E-state index in [1.807, 2.05) is 17.2 Å². The molecule has 1 aromatic carbocycles. The van der Waals surface area contributed by atoms with Gasteiger partial charge in [-0.3, -0.25) is 14.7 Å². The molecule has 1 saturated heterocycles. The molecular formula is C21H27N3O. The lowest BCUT2D eigenvalue weighted by Gasteiger charge is -2.34. The molecule has 4 nitrogen and oxygen atoms in total. The standard InChI is InChI=1S/C21H27N3O/c1-2-18-5-7-19(8-6-18)9-10-21(25)24-14-12-23(13-15-24)17-20-4-3-11-22-16-20/h3-8,11,16H,2,9-10,12-15,17H2,1H3. The molecule has 0 N–H and O–H groups in total. The van der Waals surface area contributed by atoms with Crippen LogP contribution in [0.5, 0.6) is 0 Å². The number of hydrogen-bond acceptors (Lipinski definition) is 3. The monoisotopic (exact) mass is 337 g/mol. The largest absolute Gasteiger partial charge is 0.340 e.